The molecule has 3 N–H and O–H groups in total. The number of aliphatic carboxylic acids is 2. The van der Waals surface area contributed by atoms with Crippen LogP contribution in [0, 0.1) is 5.41 Å². The lowest BCUT2D eigenvalue weighted by Crippen LogP contribution is -2.68. The number of hydrogen-bond acceptors (Lipinski definition) is 8. The zero-order chi connectivity index (χ0) is 35.6. The predicted molar refractivity (Wildman–Crippen MR) is 172 cm³/mol. The number of carbonyl (C=O) groups excluding carboxylic acids is 5. The van der Waals surface area contributed by atoms with Gasteiger partial charge in [-0.05, 0) is 55.3 Å². The van der Waals surface area contributed by atoms with E-state index in [9.17, 15) is 43.8 Å². The summed E-state index contributed by atoms with van der Waals surface area (Å²) in [4.78, 5) is 95.2. The largest absolute Gasteiger partial charge is 0.491 e. The number of carboxylic acids is 2. The van der Waals surface area contributed by atoms with Gasteiger partial charge in [-0.25, -0.2) is 0 Å². The molecule has 15 nitrogen and oxygen atoms in total. The number of hydrogen-bond donors (Lipinski definition) is 3. The Morgan fingerprint density at radius 1 is 0.959 bits per heavy atom. The zero-order valence-corrected chi connectivity index (χ0v) is 27.6. The predicted octanol–water partition coefficient (Wildman–Crippen LogP) is 0.809. The van der Waals surface area contributed by atoms with Crippen molar-refractivity contribution in [1.29, 1.82) is 0 Å². The molecular formula is C33H36ClN5O10. The van der Waals surface area contributed by atoms with Crippen molar-refractivity contribution in [2.24, 2.45) is 5.41 Å². The van der Waals surface area contributed by atoms with Crippen molar-refractivity contribution in [3.05, 3.63) is 64.7 Å². The van der Waals surface area contributed by atoms with Crippen LogP contribution in [0.2, 0.25) is 5.02 Å². The highest BCUT2D eigenvalue weighted by atomic mass is 35.5. The van der Waals surface area contributed by atoms with E-state index in [1.807, 2.05) is 0 Å². The molecule has 4 heterocycles. The number of carboxylic acid groups (broad SMARTS) is 2. The van der Waals surface area contributed by atoms with E-state index < -0.39 is 66.3 Å². The van der Waals surface area contributed by atoms with Crippen LogP contribution in [0.4, 0.5) is 0 Å². The zero-order valence-electron chi connectivity index (χ0n) is 26.8. The van der Waals surface area contributed by atoms with Gasteiger partial charge in [0, 0.05) is 62.3 Å². The Morgan fingerprint density at radius 2 is 1.63 bits per heavy atom. The van der Waals surface area contributed by atoms with E-state index >= 15 is 0 Å². The van der Waals surface area contributed by atoms with Gasteiger partial charge in [0.2, 0.25) is 17.7 Å². The van der Waals surface area contributed by atoms with Crippen LogP contribution in [0.15, 0.2) is 48.5 Å². The molecule has 0 unspecified atom stereocenters. The minimum atomic E-state index is -2.16. The van der Waals surface area contributed by atoms with E-state index in [4.69, 9.17) is 16.3 Å². The van der Waals surface area contributed by atoms with Crippen LogP contribution in [-0.2, 0) is 24.0 Å². The molecule has 2 bridgehead atoms. The first kappa shape index (κ1) is 35.1. The van der Waals surface area contributed by atoms with Gasteiger partial charge in [0.05, 0.1) is 12.6 Å². The van der Waals surface area contributed by atoms with Crippen molar-refractivity contribution in [2.45, 2.75) is 37.4 Å². The minimum Gasteiger partial charge on any atom is -0.491 e. The van der Waals surface area contributed by atoms with E-state index in [-0.39, 0.29) is 49.9 Å². The normalized spacial score (nSPS) is 22.9. The van der Waals surface area contributed by atoms with Gasteiger partial charge >= 0.3 is 11.9 Å². The first-order valence-corrected chi connectivity index (χ1v) is 15.9. The van der Waals surface area contributed by atoms with Gasteiger partial charge in [0.15, 0.2) is 5.41 Å². The highest BCUT2D eigenvalue weighted by Gasteiger charge is 2.58. The van der Waals surface area contributed by atoms with Crippen molar-refractivity contribution < 1.29 is 48.5 Å². The van der Waals surface area contributed by atoms with Gasteiger partial charge in [0.1, 0.15) is 18.4 Å². The van der Waals surface area contributed by atoms with E-state index in [2.05, 4.69) is 5.32 Å². The maximum atomic E-state index is 13.6. The second-order valence-corrected chi connectivity index (χ2v) is 13.0. The van der Waals surface area contributed by atoms with Crippen LogP contribution < -0.4 is 10.1 Å². The third-order valence-corrected chi connectivity index (χ3v) is 9.49. The number of benzene rings is 2. The fourth-order valence-corrected chi connectivity index (χ4v) is 6.45. The molecule has 3 atom stereocenters. The van der Waals surface area contributed by atoms with E-state index in [1.165, 1.54) is 37.2 Å². The fraction of sp³-hybridized carbons (Fsp3) is 0.424. The number of halogens is 1. The Labute approximate surface area is 286 Å². The summed E-state index contributed by atoms with van der Waals surface area (Å²) in [6.45, 7) is -1.26. The van der Waals surface area contributed by atoms with Crippen molar-refractivity contribution in [1.82, 2.24) is 24.9 Å². The second kappa shape index (κ2) is 14.1. The SMILES string of the molecule is CN1CC(=O)N2C[C@H](NC(=O)c3cccc(Cl)c3)C[C@H]2COc2ccc(cc2)C(=O)N(C)[C@H](C(=O)N2CC(C(=O)O)(C(=O)O)C2)CCC1=O. The molecule has 0 saturated carbocycles. The molecule has 0 aromatic heterocycles. The fourth-order valence-electron chi connectivity index (χ4n) is 6.26. The second-order valence-electron chi connectivity index (χ2n) is 12.6. The molecular weight excluding hydrogens is 662 g/mol. The first-order valence-electron chi connectivity index (χ1n) is 15.6. The average molecular weight is 698 g/mol. The Hall–Kier alpha value is -5.18. The molecule has 5 amide bonds. The molecule has 2 fully saturated rings. The van der Waals surface area contributed by atoms with Crippen molar-refractivity contribution in [3.8, 4) is 5.75 Å². The number of likely N-dealkylation sites (N-methyl/N-ethyl adjacent to an activating group) is 2. The maximum Gasteiger partial charge on any atom is 0.324 e. The van der Waals surface area contributed by atoms with Crippen LogP contribution >= 0.6 is 11.6 Å². The lowest BCUT2D eigenvalue weighted by Gasteiger charge is -2.46. The molecule has 0 spiro atoms. The summed E-state index contributed by atoms with van der Waals surface area (Å²) < 4.78 is 6.00. The Kier molecular flexibility index (Phi) is 10.1. The van der Waals surface area contributed by atoms with Gasteiger partial charge in [-0.3, -0.25) is 33.6 Å². The number of rotatable bonds is 5. The minimum absolute atomic E-state index is 0.0702. The van der Waals surface area contributed by atoms with Crippen LogP contribution in [0.3, 0.4) is 0 Å². The monoisotopic (exact) mass is 697 g/mol. The number of nitrogens with one attached hydrogen (secondary N) is 1. The van der Waals surface area contributed by atoms with Crippen molar-refractivity contribution >= 4 is 53.1 Å². The Morgan fingerprint density at radius 3 is 2.27 bits per heavy atom. The smallest absolute Gasteiger partial charge is 0.324 e. The summed E-state index contributed by atoms with van der Waals surface area (Å²) in [5.41, 5.74) is -1.59. The molecule has 49 heavy (non-hydrogen) atoms. The van der Waals surface area contributed by atoms with Crippen molar-refractivity contribution in [3.63, 3.8) is 0 Å². The van der Waals surface area contributed by atoms with Crippen LogP contribution in [-0.4, -0.2) is 136 Å². The van der Waals surface area contributed by atoms with Gasteiger partial charge in [0.25, 0.3) is 11.8 Å². The summed E-state index contributed by atoms with van der Waals surface area (Å²) in [6.07, 6.45) is -0.0475. The highest BCUT2D eigenvalue weighted by Crippen LogP contribution is 2.33. The summed E-state index contributed by atoms with van der Waals surface area (Å²) in [5.74, 6) is -5.26. The third kappa shape index (κ3) is 7.31. The molecule has 16 heteroatoms. The lowest BCUT2D eigenvalue weighted by molar-refractivity contribution is -0.181. The molecule has 0 radical (unpaired) electrons. The molecule has 260 valence electrons. The first-order chi connectivity index (χ1) is 23.2. The Bertz CT molecular complexity index is 1660. The third-order valence-electron chi connectivity index (χ3n) is 9.26. The molecule has 6 rings (SSSR count). The summed E-state index contributed by atoms with van der Waals surface area (Å²) in [7, 11) is 2.81. The summed E-state index contributed by atoms with van der Waals surface area (Å²) >= 11 is 6.04. The topological polar surface area (TPSA) is 194 Å². The number of carbonyl (C=O) groups is 7. The molecule has 2 aromatic rings. The molecule has 0 aliphatic carbocycles. The highest BCUT2D eigenvalue weighted by molar-refractivity contribution is 6.31. The van der Waals surface area contributed by atoms with Crippen LogP contribution in [0.25, 0.3) is 0 Å². The quantitative estimate of drug-likeness (QED) is 0.377. The van der Waals surface area contributed by atoms with E-state index in [0.717, 1.165) is 9.80 Å². The lowest BCUT2D eigenvalue weighted by atomic mass is 9.79. The summed E-state index contributed by atoms with van der Waals surface area (Å²) in [6, 6.07) is 10.5. The molecule has 4 aliphatic rings. The van der Waals surface area contributed by atoms with Gasteiger partial charge in [-0.1, -0.05) is 17.7 Å². The van der Waals surface area contributed by atoms with Gasteiger partial charge in [-0.2, -0.15) is 0 Å². The molecule has 4 aliphatic heterocycles. The van der Waals surface area contributed by atoms with Gasteiger partial charge < -0.3 is 39.9 Å². The standard InChI is InChI=1S/C33H36ClN5O10/c1-36-15-27(41)39-14-22(35-28(42)20-4-3-5-21(34)12-20)13-23(39)16-49-24-8-6-19(7-9-24)29(43)37(2)25(10-11-26(36)40)30(44)38-17-33(18-38,31(45)46)32(47)48/h3-9,12,22-23,25H,10-11,13-18H2,1-2H3,(H,35,42)(H,45,46)(H,47,48)/t22-,23+,25+/m1/s1. The van der Waals surface area contributed by atoms with Crippen LogP contribution in [0.1, 0.15) is 40.0 Å². The average Bonchev–Trinajstić information content (AvgIpc) is 3.44. The van der Waals surface area contributed by atoms with E-state index in [0.29, 0.717) is 22.8 Å². The molecule has 2 aromatic carbocycles. The maximum absolute atomic E-state index is 13.6. The number of likely N-dealkylation sites (tertiary alicyclic amines) is 1. The van der Waals surface area contributed by atoms with Crippen molar-refractivity contribution in [2.75, 3.05) is 46.9 Å². The van der Waals surface area contributed by atoms with E-state index in [1.54, 1.807) is 35.2 Å². The summed E-state index contributed by atoms with van der Waals surface area (Å²) in [5, 5.41) is 22.3. The van der Waals surface area contributed by atoms with Gasteiger partial charge in [-0.15, -0.1) is 0 Å². The Balaban J connectivity index is 1.35. The number of amides is 5. The number of fused-ring (bicyclic) bond motifs is 11. The number of ether oxygens (including phenoxy) is 1. The number of nitrogens with zero attached hydrogens (tertiary/aromatic N) is 4. The molecule has 2 saturated heterocycles. The van der Waals surface area contributed by atoms with Crippen LogP contribution in [0.5, 0.6) is 5.75 Å².